The fourth-order valence-corrected chi connectivity index (χ4v) is 6.02. The molecule has 198 valence electrons. The number of rotatable bonds is 8. The summed E-state index contributed by atoms with van der Waals surface area (Å²) in [7, 11) is -0.801. The topological polar surface area (TPSA) is 65.5 Å². The van der Waals surface area contributed by atoms with Crippen molar-refractivity contribution in [3.05, 3.63) is 76.9 Å². The number of hydrogen-bond donors (Lipinski definition) is 1. The van der Waals surface area contributed by atoms with Crippen LogP contribution in [0.5, 0.6) is 0 Å². The standard InChI is InChI=1S/C31H34FN3O2S/c1-35(2)21-34-38(36,37)31-15-14-25(18-29(31)32)17-27-28(20-33-30(27)19-24-12-13-24)26-9-5-8-23(16-26)11-10-22-6-3-4-7-22/h5,8-9,14-16,18,20-22,24,33H,3-4,6-7,12-13,17,19H2,1-2H3/b34-21+. The van der Waals surface area contributed by atoms with E-state index < -0.39 is 20.7 Å². The summed E-state index contributed by atoms with van der Waals surface area (Å²) in [6, 6.07) is 12.6. The van der Waals surface area contributed by atoms with Gasteiger partial charge in [0.15, 0.2) is 0 Å². The molecule has 0 bridgehead atoms. The summed E-state index contributed by atoms with van der Waals surface area (Å²) in [6.07, 6.45) is 12.0. The number of nitrogens with one attached hydrogen (secondary N) is 1. The van der Waals surface area contributed by atoms with E-state index in [1.807, 2.05) is 12.3 Å². The first-order chi connectivity index (χ1) is 18.3. The number of aromatic amines is 1. The highest BCUT2D eigenvalue weighted by Crippen LogP contribution is 2.37. The quantitative estimate of drug-likeness (QED) is 0.214. The SMILES string of the molecule is CN(C)/C=N/S(=O)(=O)c1ccc(Cc2c(-c3cccc(C#CC4CCCC4)c3)c[nH]c2CC2CC2)cc1F. The summed E-state index contributed by atoms with van der Waals surface area (Å²) in [6.45, 7) is 0. The molecule has 0 saturated heterocycles. The number of hydrogen-bond acceptors (Lipinski definition) is 2. The summed E-state index contributed by atoms with van der Waals surface area (Å²) >= 11 is 0. The Morgan fingerprint density at radius 2 is 1.89 bits per heavy atom. The second kappa shape index (κ2) is 11.2. The van der Waals surface area contributed by atoms with Gasteiger partial charge in [-0.2, -0.15) is 8.42 Å². The molecule has 1 N–H and O–H groups in total. The third kappa shape index (κ3) is 6.36. The highest BCUT2D eigenvalue weighted by Gasteiger charge is 2.25. The molecular weight excluding hydrogens is 497 g/mol. The van der Waals surface area contributed by atoms with E-state index in [0.29, 0.717) is 23.8 Å². The maximum absolute atomic E-state index is 15.0. The van der Waals surface area contributed by atoms with Gasteiger partial charge in [-0.15, -0.1) is 4.40 Å². The fraction of sp³-hybridized carbons (Fsp3) is 0.387. The molecule has 5 nitrogen and oxygen atoms in total. The maximum Gasteiger partial charge on any atom is 0.286 e. The maximum atomic E-state index is 15.0. The van der Waals surface area contributed by atoms with E-state index >= 15 is 4.39 Å². The van der Waals surface area contributed by atoms with Gasteiger partial charge in [-0.05, 0) is 85.4 Å². The average Bonchev–Trinajstić information content (AvgIpc) is 3.38. The number of sulfonamides is 1. The monoisotopic (exact) mass is 531 g/mol. The largest absolute Gasteiger partial charge is 0.368 e. The van der Waals surface area contributed by atoms with Crippen LogP contribution in [0.25, 0.3) is 11.1 Å². The van der Waals surface area contributed by atoms with Gasteiger partial charge in [-0.3, -0.25) is 0 Å². The zero-order chi connectivity index (χ0) is 26.7. The fourth-order valence-electron chi connectivity index (χ4n) is 5.05. The third-order valence-electron chi connectivity index (χ3n) is 7.29. The molecule has 0 unspecified atom stereocenters. The Morgan fingerprint density at radius 1 is 1.11 bits per heavy atom. The average molecular weight is 532 g/mol. The molecule has 2 aliphatic carbocycles. The summed E-state index contributed by atoms with van der Waals surface area (Å²) in [4.78, 5) is 4.57. The molecule has 0 spiro atoms. The molecule has 7 heteroatoms. The number of nitrogens with zero attached hydrogens (tertiary/aromatic N) is 2. The van der Waals surface area contributed by atoms with E-state index in [1.54, 1.807) is 20.2 Å². The third-order valence-corrected chi connectivity index (χ3v) is 8.55. The molecule has 2 aliphatic rings. The van der Waals surface area contributed by atoms with Gasteiger partial charge in [0.25, 0.3) is 10.0 Å². The van der Waals surface area contributed by atoms with Crippen molar-refractivity contribution >= 4 is 16.4 Å². The second-order valence-corrected chi connectivity index (χ2v) is 12.3. The van der Waals surface area contributed by atoms with Crippen LogP contribution in [-0.4, -0.2) is 38.7 Å². The summed E-state index contributed by atoms with van der Waals surface area (Å²) in [5.74, 6) is 7.22. The van der Waals surface area contributed by atoms with Gasteiger partial charge in [-0.1, -0.05) is 42.9 Å². The first kappa shape index (κ1) is 26.2. The minimum Gasteiger partial charge on any atom is -0.368 e. The predicted octanol–water partition coefficient (Wildman–Crippen LogP) is 6.18. The summed E-state index contributed by atoms with van der Waals surface area (Å²) < 4.78 is 43.6. The van der Waals surface area contributed by atoms with E-state index in [4.69, 9.17) is 0 Å². The molecule has 38 heavy (non-hydrogen) atoms. The number of halogens is 1. The number of benzene rings is 2. The van der Waals surface area contributed by atoms with E-state index in [1.165, 1.54) is 55.6 Å². The van der Waals surface area contributed by atoms with Crippen molar-refractivity contribution in [2.75, 3.05) is 14.1 Å². The van der Waals surface area contributed by atoms with Crippen molar-refractivity contribution in [2.45, 2.75) is 56.3 Å². The van der Waals surface area contributed by atoms with Gasteiger partial charge in [0, 0.05) is 43.0 Å². The molecule has 0 amide bonds. The van der Waals surface area contributed by atoms with Crippen molar-refractivity contribution < 1.29 is 12.8 Å². The first-order valence-corrected chi connectivity index (χ1v) is 14.8. The van der Waals surface area contributed by atoms with Gasteiger partial charge in [0.05, 0.1) is 0 Å². The van der Waals surface area contributed by atoms with Crippen LogP contribution < -0.4 is 0 Å². The van der Waals surface area contributed by atoms with Crippen molar-refractivity contribution in [3.8, 4) is 23.0 Å². The number of aromatic nitrogens is 1. The van der Waals surface area contributed by atoms with Gasteiger partial charge in [0.2, 0.25) is 0 Å². The van der Waals surface area contributed by atoms with Crippen LogP contribution in [-0.2, 0) is 22.9 Å². The smallest absolute Gasteiger partial charge is 0.286 e. The van der Waals surface area contributed by atoms with Crippen LogP contribution in [0.1, 0.15) is 60.9 Å². The van der Waals surface area contributed by atoms with Crippen molar-refractivity contribution in [1.82, 2.24) is 9.88 Å². The Kier molecular flexibility index (Phi) is 7.71. The van der Waals surface area contributed by atoms with Crippen LogP contribution in [0.4, 0.5) is 4.39 Å². The van der Waals surface area contributed by atoms with Gasteiger partial charge >= 0.3 is 0 Å². The Morgan fingerprint density at radius 3 is 2.61 bits per heavy atom. The Hall–Kier alpha value is -3.37. The highest BCUT2D eigenvalue weighted by molar-refractivity contribution is 7.90. The first-order valence-electron chi connectivity index (χ1n) is 13.3. The zero-order valence-corrected chi connectivity index (χ0v) is 22.8. The van der Waals surface area contributed by atoms with Gasteiger partial charge < -0.3 is 9.88 Å². The molecule has 2 saturated carbocycles. The zero-order valence-electron chi connectivity index (χ0n) is 22.0. The predicted molar refractivity (Wildman–Crippen MR) is 150 cm³/mol. The second-order valence-electron chi connectivity index (χ2n) is 10.7. The Labute approximate surface area is 225 Å². The van der Waals surface area contributed by atoms with Crippen molar-refractivity contribution in [3.63, 3.8) is 0 Å². The molecule has 2 fully saturated rings. The van der Waals surface area contributed by atoms with Crippen LogP contribution in [0.3, 0.4) is 0 Å². The minimum atomic E-state index is -4.11. The summed E-state index contributed by atoms with van der Waals surface area (Å²) in [5.41, 5.74) is 6.17. The lowest BCUT2D eigenvalue weighted by atomic mass is 9.94. The van der Waals surface area contributed by atoms with Crippen molar-refractivity contribution in [1.29, 1.82) is 0 Å². The molecule has 0 aliphatic heterocycles. The Bertz CT molecular complexity index is 1500. The highest BCUT2D eigenvalue weighted by atomic mass is 32.2. The molecule has 0 atom stereocenters. The Balaban J connectivity index is 1.45. The molecule has 0 radical (unpaired) electrons. The molecule has 3 aromatic rings. The van der Waals surface area contributed by atoms with Gasteiger partial charge in [-0.25, -0.2) is 4.39 Å². The number of H-pyrrole nitrogens is 1. The van der Waals surface area contributed by atoms with Crippen LogP contribution in [0.15, 0.2) is 58.0 Å². The minimum absolute atomic E-state index is 0.416. The van der Waals surface area contributed by atoms with Crippen molar-refractivity contribution in [2.24, 2.45) is 16.2 Å². The van der Waals surface area contributed by atoms with Crippen LogP contribution >= 0.6 is 0 Å². The van der Waals surface area contributed by atoms with E-state index in [0.717, 1.165) is 40.7 Å². The molecule has 2 aromatic carbocycles. The van der Waals surface area contributed by atoms with Gasteiger partial charge in [0.1, 0.15) is 17.1 Å². The lowest BCUT2D eigenvalue weighted by molar-refractivity contribution is 0.566. The van der Waals surface area contributed by atoms with E-state index in [2.05, 4.69) is 39.4 Å². The summed E-state index contributed by atoms with van der Waals surface area (Å²) in [5, 5.41) is 0. The lowest BCUT2D eigenvalue weighted by Crippen LogP contribution is -2.11. The lowest BCUT2D eigenvalue weighted by Gasteiger charge is -2.10. The van der Waals surface area contributed by atoms with Crippen LogP contribution in [0, 0.1) is 29.5 Å². The normalized spacial score (nSPS) is 16.1. The molecule has 1 heterocycles. The molecular formula is C31H34FN3O2S. The molecule has 1 aromatic heterocycles. The van der Waals surface area contributed by atoms with E-state index in [-0.39, 0.29) is 0 Å². The molecule has 5 rings (SSSR count). The van der Waals surface area contributed by atoms with E-state index in [9.17, 15) is 8.42 Å². The van der Waals surface area contributed by atoms with Crippen LogP contribution in [0.2, 0.25) is 0 Å².